The molecule has 0 atom stereocenters. The van der Waals surface area contributed by atoms with Gasteiger partial charge in [0.05, 0.1) is 7.11 Å². The zero-order valence-electron chi connectivity index (χ0n) is 13.2. The van der Waals surface area contributed by atoms with Crippen molar-refractivity contribution in [1.29, 1.82) is 0 Å². The van der Waals surface area contributed by atoms with Crippen LogP contribution in [0.2, 0.25) is 0 Å². The van der Waals surface area contributed by atoms with Crippen molar-refractivity contribution >= 4 is 11.5 Å². The Morgan fingerprint density at radius 1 is 0.917 bits per heavy atom. The number of hydrogen-bond acceptors (Lipinski definition) is 4. The van der Waals surface area contributed by atoms with Crippen LogP contribution in [0.5, 0.6) is 5.75 Å². The summed E-state index contributed by atoms with van der Waals surface area (Å²) in [7, 11) is 1.66. The van der Waals surface area contributed by atoms with Crippen LogP contribution in [0.25, 0.3) is 27.9 Å². The second-order valence-electron chi connectivity index (χ2n) is 5.42. The van der Waals surface area contributed by atoms with E-state index in [1.807, 2.05) is 60.7 Å². The number of nitrogens with two attached hydrogens (primary N) is 1. The standard InChI is InChI=1S/C19H16N4O/c1-24-15-9-7-13(8-10-15)16-11-12-21-23-18(16)17(22-19(23)20)14-5-3-2-4-6-14/h2-12H,1H3,(H2,20,22). The molecule has 0 aliphatic heterocycles. The normalized spacial score (nSPS) is 10.9. The van der Waals surface area contributed by atoms with E-state index in [9.17, 15) is 0 Å². The zero-order chi connectivity index (χ0) is 16.5. The lowest BCUT2D eigenvalue weighted by Gasteiger charge is -2.07. The van der Waals surface area contributed by atoms with Crippen LogP contribution in [0.3, 0.4) is 0 Å². The minimum atomic E-state index is 0.374. The Hall–Kier alpha value is -3.34. The summed E-state index contributed by atoms with van der Waals surface area (Å²) in [5.41, 5.74) is 10.9. The van der Waals surface area contributed by atoms with Gasteiger partial charge in [-0.2, -0.15) is 9.61 Å². The van der Waals surface area contributed by atoms with Crippen molar-refractivity contribution in [3.8, 4) is 28.1 Å². The van der Waals surface area contributed by atoms with Crippen LogP contribution >= 0.6 is 0 Å². The first-order valence-electron chi connectivity index (χ1n) is 7.61. The highest BCUT2D eigenvalue weighted by atomic mass is 16.5. The van der Waals surface area contributed by atoms with Crippen molar-refractivity contribution in [1.82, 2.24) is 14.6 Å². The van der Waals surface area contributed by atoms with E-state index in [1.54, 1.807) is 17.8 Å². The van der Waals surface area contributed by atoms with Crippen molar-refractivity contribution in [2.75, 3.05) is 12.8 Å². The molecular weight excluding hydrogens is 300 g/mol. The van der Waals surface area contributed by atoms with Crippen molar-refractivity contribution in [2.45, 2.75) is 0 Å². The maximum Gasteiger partial charge on any atom is 0.222 e. The molecule has 0 unspecified atom stereocenters. The van der Waals surface area contributed by atoms with E-state index in [4.69, 9.17) is 10.5 Å². The molecule has 0 bridgehead atoms. The van der Waals surface area contributed by atoms with Gasteiger partial charge in [-0.25, -0.2) is 4.98 Å². The average molecular weight is 316 g/mol. The molecule has 0 saturated heterocycles. The highest BCUT2D eigenvalue weighted by molar-refractivity contribution is 5.92. The van der Waals surface area contributed by atoms with Gasteiger partial charge >= 0.3 is 0 Å². The fraction of sp³-hybridized carbons (Fsp3) is 0.0526. The van der Waals surface area contributed by atoms with Crippen molar-refractivity contribution in [2.24, 2.45) is 0 Å². The van der Waals surface area contributed by atoms with Gasteiger partial charge in [0.1, 0.15) is 17.0 Å². The Kier molecular flexibility index (Phi) is 3.39. The van der Waals surface area contributed by atoms with Crippen molar-refractivity contribution in [3.63, 3.8) is 0 Å². The van der Waals surface area contributed by atoms with Gasteiger partial charge in [0.15, 0.2) is 0 Å². The summed E-state index contributed by atoms with van der Waals surface area (Å²) in [6.07, 6.45) is 1.74. The monoisotopic (exact) mass is 316 g/mol. The second-order valence-corrected chi connectivity index (χ2v) is 5.42. The molecule has 2 aromatic heterocycles. The molecule has 2 N–H and O–H groups in total. The van der Waals surface area contributed by atoms with E-state index in [0.717, 1.165) is 33.7 Å². The number of imidazole rings is 1. The van der Waals surface area contributed by atoms with Gasteiger partial charge < -0.3 is 10.5 Å². The number of hydrogen-bond donors (Lipinski definition) is 1. The van der Waals surface area contributed by atoms with Crippen LogP contribution in [0.15, 0.2) is 66.9 Å². The Labute approximate surface area is 139 Å². The molecule has 0 radical (unpaired) electrons. The lowest BCUT2D eigenvalue weighted by Crippen LogP contribution is -1.98. The van der Waals surface area contributed by atoms with Crippen molar-refractivity contribution < 1.29 is 4.74 Å². The minimum absolute atomic E-state index is 0.374. The van der Waals surface area contributed by atoms with E-state index in [-0.39, 0.29) is 0 Å². The number of benzene rings is 2. The maximum atomic E-state index is 6.08. The number of ether oxygens (including phenoxy) is 1. The fourth-order valence-corrected chi connectivity index (χ4v) is 2.84. The molecule has 0 aliphatic rings. The van der Waals surface area contributed by atoms with Gasteiger partial charge in [-0.1, -0.05) is 42.5 Å². The van der Waals surface area contributed by atoms with E-state index >= 15 is 0 Å². The summed E-state index contributed by atoms with van der Waals surface area (Å²) < 4.78 is 6.92. The number of fused-ring (bicyclic) bond motifs is 1. The third kappa shape index (κ3) is 2.27. The van der Waals surface area contributed by atoms with Gasteiger partial charge in [-0.3, -0.25) is 0 Å². The third-order valence-electron chi connectivity index (χ3n) is 4.01. The SMILES string of the molecule is COc1ccc(-c2ccnn3c(N)nc(-c4ccccc4)c23)cc1. The van der Waals surface area contributed by atoms with Gasteiger partial charge in [0.25, 0.3) is 0 Å². The number of methoxy groups -OCH3 is 1. The largest absolute Gasteiger partial charge is 0.497 e. The first-order valence-corrected chi connectivity index (χ1v) is 7.61. The molecule has 118 valence electrons. The lowest BCUT2D eigenvalue weighted by atomic mass is 10.0. The minimum Gasteiger partial charge on any atom is -0.497 e. The summed E-state index contributed by atoms with van der Waals surface area (Å²) in [6.45, 7) is 0. The molecule has 24 heavy (non-hydrogen) atoms. The quantitative estimate of drug-likeness (QED) is 0.626. The van der Waals surface area contributed by atoms with E-state index < -0.39 is 0 Å². The molecule has 5 heteroatoms. The highest BCUT2D eigenvalue weighted by Gasteiger charge is 2.16. The molecular formula is C19H16N4O. The first kappa shape index (κ1) is 14.3. The summed E-state index contributed by atoms with van der Waals surface area (Å²) >= 11 is 0. The number of rotatable bonds is 3. The predicted molar refractivity (Wildman–Crippen MR) is 94.8 cm³/mol. The number of nitrogens with zero attached hydrogens (tertiary/aromatic N) is 3. The Balaban J connectivity index is 1.99. The summed E-state index contributed by atoms with van der Waals surface area (Å²) in [5.74, 6) is 1.19. The molecule has 0 amide bonds. The van der Waals surface area contributed by atoms with Crippen LogP contribution in [0, 0.1) is 0 Å². The van der Waals surface area contributed by atoms with Crippen LogP contribution in [-0.2, 0) is 0 Å². The van der Waals surface area contributed by atoms with Crippen LogP contribution < -0.4 is 10.5 Å². The van der Waals surface area contributed by atoms with Gasteiger partial charge in [0.2, 0.25) is 5.95 Å². The molecule has 4 aromatic rings. The highest BCUT2D eigenvalue weighted by Crippen LogP contribution is 2.33. The van der Waals surface area contributed by atoms with Gasteiger partial charge in [-0.05, 0) is 23.8 Å². The Bertz CT molecular complexity index is 991. The smallest absolute Gasteiger partial charge is 0.222 e. The van der Waals surface area contributed by atoms with E-state index in [1.165, 1.54) is 0 Å². The third-order valence-corrected chi connectivity index (χ3v) is 4.01. The molecule has 0 spiro atoms. The zero-order valence-corrected chi connectivity index (χ0v) is 13.2. The summed E-state index contributed by atoms with van der Waals surface area (Å²) in [4.78, 5) is 4.53. The number of anilines is 1. The molecule has 4 rings (SSSR count). The van der Waals surface area contributed by atoms with Crippen LogP contribution in [0.1, 0.15) is 0 Å². The topological polar surface area (TPSA) is 65.4 Å². The van der Waals surface area contributed by atoms with Gasteiger partial charge in [0, 0.05) is 17.3 Å². The Morgan fingerprint density at radius 2 is 1.67 bits per heavy atom. The molecule has 2 heterocycles. The van der Waals surface area contributed by atoms with Crippen molar-refractivity contribution in [3.05, 3.63) is 66.9 Å². The molecule has 5 nitrogen and oxygen atoms in total. The fourth-order valence-electron chi connectivity index (χ4n) is 2.84. The maximum absolute atomic E-state index is 6.08. The van der Waals surface area contributed by atoms with E-state index in [0.29, 0.717) is 5.95 Å². The molecule has 0 saturated carbocycles. The summed E-state index contributed by atoms with van der Waals surface area (Å²) in [6, 6.07) is 19.9. The molecule has 0 aliphatic carbocycles. The van der Waals surface area contributed by atoms with Crippen LogP contribution in [0.4, 0.5) is 5.95 Å². The molecule has 2 aromatic carbocycles. The first-order chi connectivity index (χ1) is 11.8. The number of nitrogen functional groups attached to an aromatic ring is 1. The van der Waals surface area contributed by atoms with Crippen LogP contribution in [-0.4, -0.2) is 21.7 Å². The average Bonchev–Trinajstić information content (AvgIpc) is 3.00. The molecule has 0 fully saturated rings. The second kappa shape index (κ2) is 5.70. The summed E-state index contributed by atoms with van der Waals surface area (Å²) in [5, 5.41) is 4.35. The van der Waals surface area contributed by atoms with E-state index in [2.05, 4.69) is 10.1 Å². The predicted octanol–water partition coefficient (Wildman–Crippen LogP) is 3.65. The Morgan fingerprint density at radius 3 is 2.38 bits per heavy atom. The number of aromatic nitrogens is 3. The van der Waals surface area contributed by atoms with Gasteiger partial charge in [-0.15, -0.1) is 0 Å². The lowest BCUT2D eigenvalue weighted by molar-refractivity contribution is 0.415.